The molecule has 12 amide bonds. The Morgan fingerprint density at radius 1 is 0.673 bits per heavy atom. The SMILES string of the molecule is CC[C@H](C)[C@@H]1NCC(=O)CNC(=O)[C@@H]2Cc3c([nH]c4ccc(NC(=O)CCNP(=O)(NCCN5C(=O)C6C7C=CC(O7)C6C5=O)NCCN5C(=O)C6C7C=CC(O7)C6C5=O)cc34)SC[C@H](NC(=O)CNC1=O)C(=O)N[C@@H](CCC(=O)OC)C(=O)N1C[C@H](O)C[C@H]1C(=O)N[C@@H]([C@@H](C)CC)C(=O)N2. The molecule has 0 saturated carbocycles. The summed E-state index contributed by atoms with van der Waals surface area (Å²) in [4.78, 5) is 203. The molecule has 10 heterocycles. The molecule has 1 aromatic carbocycles. The van der Waals surface area contributed by atoms with E-state index in [0.29, 0.717) is 29.3 Å². The molecule has 1 aromatic heterocycles. The van der Waals surface area contributed by atoms with Crippen LogP contribution >= 0.6 is 19.4 Å². The van der Waals surface area contributed by atoms with Crippen molar-refractivity contribution in [2.75, 3.05) is 77.1 Å². The number of hydrogen-bond acceptors (Lipinski definition) is 21. The van der Waals surface area contributed by atoms with Crippen LogP contribution in [0.3, 0.4) is 0 Å². The molecule has 11 rings (SSSR count). The van der Waals surface area contributed by atoms with E-state index in [0.717, 1.165) is 33.6 Å². The van der Waals surface area contributed by atoms with Crippen LogP contribution in [0.1, 0.15) is 71.8 Å². The number of anilines is 1. The number of imide groups is 2. The van der Waals surface area contributed by atoms with Gasteiger partial charge in [0.1, 0.15) is 30.2 Å². The smallest absolute Gasteiger partial charge is 0.305 e. The van der Waals surface area contributed by atoms with Crippen LogP contribution < -0.4 is 57.8 Å². The number of nitrogens with zero attached hydrogens (tertiary/aromatic N) is 3. The lowest BCUT2D eigenvalue weighted by Gasteiger charge is -2.32. The third-order valence-corrected chi connectivity index (χ3v) is 23.4. The molecular formula is C65H86N15O19PS. The van der Waals surface area contributed by atoms with Gasteiger partial charge in [0.25, 0.3) is 7.59 Å². The summed E-state index contributed by atoms with van der Waals surface area (Å²) in [5, 5.41) is 42.1. The summed E-state index contributed by atoms with van der Waals surface area (Å²) in [6.07, 6.45) is 2.60. The molecule has 9 aliphatic rings. The maximum Gasteiger partial charge on any atom is 0.305 e. The number of Topliss-reactive ketones (excluding diaryl/α,β-unsaturated/α-hetero) is 1. The first kappa shape index (κ1) is 73.9. The summed E-state index contributed by atoms with van der Waals surface area (Å²) >= 11 is 0.962. The van der Waals surface area contributed by atoms with Crippen LogP contribution in [-0.4, -0.2) is 246 Å². The predicted octanol–water partition coefficient (Wildman–Crippen LogP) is -3.38. The number of thioether (sulfide) groups is 1. The lowest BCUT2D eigenvalue weighted by molar-refractivity contribution is -0.145. The average Bonchev–Trinajstić information content (AvgIpc) is 1.58. The number of aromatic amines is 1. The maximum atomic E-state index is 14.9. The number of ether oxygens (including phenoxy) is 3. The van der Waals surface area contributed by atoms with Gasteiger partial charge >= 0.3 is 5.97 Å². The number of aromatic nitrogens is 1. The maximum absolute atomic E-state index is 14.9. The van der Waals surface area contributed by atoms with E-state index in [1.165, 1.54) is 0 Å². The van der Waals surface area contributed by atoms with E-state index in [-0.39, 0.29) is 80.8 Å². The molecule has 546 valence electrons. The molecule has 0 radical (unpaired) electrons. The number of hydrogen-bond donors (Lipinski definition) is 13. The van der Waals surface area contributed by atoms with E-state index in [4.69, 9.17) is 14.2 Å². The summed E-state index contributed by atoms with van der Waals surface area (Å²) in [6.45, 7) is 3.95. The van der Waals surface area contributed by atoms with Crippen molar-refractivity contribution in [3.63, 3.8) is 0 Å². The zero-order valence-electron chi connectivity index (χ0n) is 56.4. The van der Waals surface area contributed by atoms with Crippen LogP contribution in [0.5, 0.6) is 0 Å². The van der Waals surface area contributed by atoms with E-state index < -0.39 is 219 Å². The first-order valence-electron chi connectivity index (χ1n) is 34.2. The summed E-state index contributed by atoms with van der Waals surface area (Å²) in [6, 6.07) is -3.83. The van der Waals surface area contributed by atoms with Crippen LogP contribution in [0, 0.1) is 35.5 Å². The zero-order valence-corrected chi connectivity index (χ0v) is 58.1. The van der Waals surface area contributed by atoms with Gasteiger partial charge in [-0.05, 0) is 42.0 Å². The number of benzene rings is 1. The van der Waals surface area contributed by atoms with Gasteiger partial charge in [-0.1, -0.05) is 64.8 Å². The zero-order chi connectivity index (χ0) is 72.3. The van der Waals surface area contributed by atoms with E-state index in [2.05, 4.69) is 62.8 Å². The fourth-order valence-corrected chi connectivity index (χ4v) is 17.1. The van der Waals surface area contributed by atoms with Crippen molar-refractivity contribution in [1.29, 1.82) is 0 Å². The minimum absolute atomic E-state index is 0.170. The summed E-state index contributed by atoms with van der Waals surface area (Å²) in [5.74, 6) is -13.7. The lowest BCUT2D eigenvalue weighted by atomic mass is 9.85. The molecule has 17 atom stereocenters. The topological polar surface area (TPSA) is 462 Å². The molecule has 0 spiro atoms. The quantitative estimate of drug-likeness (QED) is 0.0266. The number of aliphatic hydroxyl groups is 1. The van der Waals surface area contributed by atoms with Crippen LogP contribution in [-0.2, 0) is 92.3 Å². The highest BCUT2D eigenvalue weighted by Crippen LogP contribution is 2.47. The van der Waals surface area contributed by atoms with Crippen molar-refractivity contribution >= 4 is 119 Å². The standard InChI is InChI=1S/C65H86N15O19PS/c1-6-30(3)53-58(89)68-27-47(84)73-40-29-101-60-36(24-39(55(86)67-26-34(82)25-66-53)75-59(90)54(31(4)7-2)77-57(88)41-23-33(81)28-80(41)61(91)38(74-56(40)87)10-15-48(85)97-5)35-22-32(8-9-37(35)76-60)72-46(83)16-17-69-100(96,70-18-20-78-62(92)49-42-11-12-43(98-42)50(49)63(78)93)71-19-21-79-64(94)51-44-13-14-45(99-44)52(51)65(79)95/h8-9,11-14,22,30-31,33,38-45,49-54,66,76,81H,6-7,10,15-21,23-29H2,1-5H3,(H,67,86)(H,68,89)(H,72,83)(H,73,84)(H,74,87)(H,75,90)(H,77,88)(H3,69,70,71,96)/t30-,31-,33+,38-,39-,40-,41-,42?,43?,44?,45?,49?,50?,51?,52?,53-,54-,100?/m0/s1. The number of ketones is 1. The Morgan fingerprint density at radius 2 is 1.26 bits per heavy atom. The highest BCUT2D eigenvalue weighted by atomic mass is 32.2. The summed E-state index contributed by atoms with van der Waals surface area (Å²) in [7, 11) is -2.88. The molecule has 13 N–H and O–H groups in total. The van der Waals surface area contributed by atoms with E-state index in [1.807, 2.05) is 6.92 Å². The Hall–Kier alpha value is -8.28. The number of nitrogens with one attached hydrogen (secondary N) is 12. The number of esters is 1. The van der Waals surface area contributed by atoms with Gasteiger partial charge in [0, 0.05) is 87.3 Å². The van der Waals surface area contributed by atoms with E-state index in [1.54, 1.807) is 63.3 Å². The van der Waals surface area contributed by atoms with Crippen molar-refractivity contribution in [2.24, 2.45) is 35.5 Å². The fourth-order valence-electron chi connectivity index (χ4n) is 14.4. The van der Waals surface area contributed by atoms with Gasteiger partial charge in [-0.3, -0.25) is 86.8 Å². The largest absolute Gasteiger partial charge is 0.469 e. The molecule has 5 fully saturated rings. The summed E-state index contributed by atoms with van der Waals surface area (Å²) in [5.41, 5.74) is 0.874. The highest BCUT2D eigenvalue weighted by molar-refractivity contribution is 7.99. The number of carbonyl (C=O) groups excluding carboxylic acids is 14. The molecule has 8 unspecified atom stereocenters. The highest BCUT2D eigenvalue weighted by Gasteiger charge is 2.62. The minimum Gasteiger partial charge on any atom is -0.469 e. The molecule has 101 heavy (non-hydrogen) atoms. The Morgan fingerprint density at radius 3 is 1.85 bits per heavy atom. The fraction of sp³-hybridized carbons (Fsp3) is 0.600. The van der Waals surface area contributed by atoms with Crippen LogP contribution in [0.25, 0.3) is 10.9 Å². The van der Waals surface area contributed by atoms with Gasteiger partial charge in [-0.2, -0.15) is 0 Å². The van der Waals surface area contributed by atoms with Crippen LogP contribution in [0.2, 0.25) is 0 Å². The Balaban J connectivity index is 0.876. The molecule has 6 bridgehead atoms. The van der Waals surface area contributed by atoms with Gasteiger partial charge in [0.15, 0.2) is 5.78 Å². The number of H-pyrrole nitrogens is 1. The number of fused-ring (bicyclic) bond motifs is 15. The molecule has 0 aliphatic carbocycles. The minimum atomic E-state index is -4.01. The van der Waals surface area contributed by atoms with Gasteiger partial charge in [0.2, 0.25) is 70.9 Å². The van der Waals surface area contributed by atoms with E-state index in [9.17, 15) is 76.8 Å². The van der Waals surface area contributed by atoms with Crippen LogP contribution in [0.4, 0.5) is 5.69 Å². The average molecular weight is 1440 g/mol. The van der Waals surface area contributed by atoms with Crippen molar-refractivity contribution in [2.45, 2.75) is 144 Å². The lowest BCUT2D eigenvalue weighted by Crippen LogP contribution is -2.60. The number of aliphatic hydroxyl groups excluding tert-OH is 1. The molecule has 2 aromatic rings. The number of amides is 12. The Bertz CT molecular complexity index is 3660. The number of rotatable bonds is 20. The van der Waals surface area contributed by atoms with Gasteiger partial charge in [0.05, 0.1) is 92.0 Å². The van der Waals surface area contributed by atoms with Crippen molar-refractivity contribution in [3.05, 3.63) is 48.1 Å². The summed E-state index contributed by atoms with van der Waals surface area (Å²) < 4.78 is 31.2. The number of likely N-dealkylation sites (tertiary alicyclic amines) is 2. The molecular weight excluding hydrogens is 1360 g/mol. The first-order chi connectivity index (χ1) is 48.3. The predicted molar refractivity (Wildman–Crippen MR) is 357 cm³/mol. The molecule has 36 heteroatoms. The number of methoxy groups -OCH3 is 1. The molecule has 5 saturated heterocycles. The second-order valence-corrected chi connectivity index (χ2v) is 30.0. The third kappa shape index (κ3) is 16.0. The van der Waals surface area contributed by atoms with Crippen molar-refractivity contribution in [3.8, 4) is 0 Å². The number of carbonyl (C=O) groups is 14. The van der Waals surface area contributed by atoms with Crippen molar-refractivity contribution < 1.29 is 91.0 Å². The second-order valence-electron chi connectivity index (χ2n) is 26.8. The van der Waals surface area contributed by atoms with Gasteiger partial charge in [-0.25, -0.2) is 15.3 Å². The van der Waals surface area contributed by atoms with Crippen LogP contribution in [0.15, 0.2) is 47.5 Å². The second kappa shape index (κ2) is 31.5. The van der Waals surface area contributed by atoms with E-state index >= 15 is 0 Å². The molecule has 9 aliphatic heterocycles. The Kier molecular flexibility index (Phi) is 23.1. The monoisotopic (exact) mass is 1440 g/mol. The van der Waals surface area contributed by atoms with Crippen molar-refractivity contribution in [1.82, 2.24) is 72.2 Å². The first-order valence-corrected chi connectivity index (χ1v) is 36.8. The third-order valence-electron chi connectivity index (χ3n) is 20.3. The normalized spacial score (nSPS) is 31.3. The van der Waals surface area contributed by atoms with Gasteiger partial charge < -0.3 is 66.4 Å². The molecule has 34 nitrogen and oxygen atoms in total. The Labute approximate surface area is 584 Å². The van der Waals surface area contributed by atoms with Gasteiger partial charge in [-0.15, -0.1) is 11.8 Å².